The second-order valence-electron chi connectivity index (χ2n) is 7.07. The van der Waals surface area contributed by atoms with Gasteiger partial charge in [0.25, 0.3) is 0 Å². The zero-order valence-corrected chi connectivity index (χ0v) is 16.8. The number of thioether (sulfide) groups is 1. The van der Waals surface area contributed by atoms with Gasteiger partial charge in [0.2, 0.25) is 0 Å². The standard InChI is InChI=1S/C22H20N4O2S/c1-28-20-9-5-3-7-16(20)19(27)13-29-22-25-24-21(26(22)14-10-11-14)17-12-23-18-8-4-2-6-15(17)18/h2-9,12,14,23H,10-11,13H2,1H3. The lowest BCUT2D eigenvalue weighted by Gasteiger charge is -2.09. The first-order valence-electron chi connectivity index (χ1n) is 9.56. The molecule has 2 heterocycles. The first-order valence-corrected chi connectivity index (χ1v) is 10.5. The van der Waals surface area contributed by atoms with Crippen molar-refractivity contribution in [1.82, 2.24) is 19.7 Å². The fourth-order valence-corrected chi connectivity index (χ4v) is 4.45. The van der Waals surface area contributed by atoms with Crippen LogP contribution in [0.15, 0.2) is 59.9 Å². The first-order chi connectivity index (χ1) is 14.3. The molecule has 5 rings (SSSR count). The van der Waals surface area contributed by atoms with Crippen LogP contribution in [0.5, 0.6) is 5.75 Å². The number of benzene rings is 2. The van der Waals surface area contributed by atoms with Crippen molar-refractivity contribution in [2.24, 2.45) is 0 Å². The largest absolute Gasteiger partial charge is 0.496 e. The van der Waals surface area contributed by atoms with Crippen LogP contribution in [0.1, 0.15) is 29.2 Å². The second kappa shape index (κ2) is 7.40. The fourth-order valence-electron chi connectivity index (χ4n) is 3.56. The molecule has 0 aliphatic heterocycles. The van der Waals surface area contributed by atoms with E-state index in [9.17, 15) is 4.79 Å². The minimum absolute atomic E-state index is 0.0199. The number of ether oxygens (including phenoxy) is 1. The number of hydrogen-bond donors (Lipinski definition) is 1. The molecular formula is C22H20N4O2S. The predicted molar refractivity (Wildman–Crippen MR) is 114 cm³/mol. The molecule has 0 atom stereocenters. The Morgan fingerprint density at radius 2 is 1.97 bits per heavy atom. The van der Waals surface area contributed by atoms with Crippen molar-refractivity contribution in [2.45, 2.75) is 24.0 Å². The maximum atomic E-state index is 12.7. The molecule has 4 aromatic rings. The van der Waals surface area contributed by atoms with Crippen LogP contribution in [0.4, 0.5) is 0 Å². The molecule has 6 nitrogen and oxygen atoms in total. The highest BCUT2D eigenvalue weighted by Crippen LogP contribution is 2.42. The van der Waals surface area contributed by atoms with Gasteiger partial charge >= 0.3 is 0 Å². The lowest BCUT2D eigenvalue weighted by molar-refractivity contribution is 0.101. The van der Waals surface area contributed by atoms with E-state index in [0.29, 0.717) is 23.1 Å². The summed E-state index contributed by atoms with van der Waals surface area (Å²) in [5.74, 6) is 1.77. The maximum Gasteiger partial charge on any atom is 0.192 e. The first kappa shape index (κ1) is 18.0. The highest BCUT2D eigenvalue weighted by molar-refractivity contribution is 7.99. The molecule has 29 heavy (non-hydrogen) atoms. The third-order valence-corrected chi connectivity index (χ3v) is 6.09. The molecule has 1 aliphatic carbocycles. The molecule has 0 radical (unpaired) electrons. The van der Waals surface area contributed by atoms with Crippen molar-refractivity contribution in [2.75, 3.05) is 12.9 Å². The highest BCUT2D eigenvalue weighted by Gasteiger charge is 2.31. The van der Waals surface area contributed by atoms with Crippen LogP contribution in [-0.4, -0.2) is 38.4 Å². The van der Waals surface area contributed by atoms with Gasteiger partial charge in [0, 0.05) is 28.7 Å². The molecule has 1 saturated carbocycles. The summed E-state index contributed by atoms with van der Waals surface area (Å²) < 4.78 is 7.51. The summed E-state index contributed by atoms with van der Waals surface area (Å²) in [6, 6.07) is 15.9. The quantitative estimate of drug-likeness (QED) is 0.356. The second-order valence-corrected chi connectivity index (χ2v) is 8.01. The van der Waals surface area contributed by atoms with E-state index in [1.807, 2.05) is 30.5 Å². The number of fused-ring (bicyclic) bond motifs is 1. The molecule has 0 spiro atoms. The number of nitrogens with one attached hydrogen (secondary N) is 1. The number of hydrogen-bond acceptors (Lipinski definition) is 5. The SMILES string of the molecule is COc1ccccc1C(=O)CSc1nnc(-c2c[nH]c3ccccc23)n1C1CC1. The number of carbonyl (C=O) groups excluding carboxylic acids is 1. The van der Waals surface area contributed by atoms with Gasteiger partial charge in [0.15, 0.2) is 16.8 Å². The number of para-hydroxylation sites is 2. The van der Waals surface area contributed by atoms with Crippen molar-refractivity contribution in [3.63, 3.8) is 0 Å². The minimum Gasteiger partial charge on any atom is -0.496 e. The Morgan fingerprint density at radius 3 is 2.79 bits per heavy atom. The van der Waals surface area contributed by atoms with E-state index >= 15 is 0 Å². The number of ketones is 1. The molecule has 1 aliphatic rings. The van der Waals surface area contributed by atoms with Gasteiger partial charge in [-0.05, 0) is 31.0 Å². The van der Waals surface area contributed by atoms with Crippen LogP contribution in [0.25, 0.3) is 22.3 Å². The smallest absolute Gasteiger partial charge is 0.192 e. The summed E-state index contributed by atoms with van der Waals surface area (Å²) in [7, 11) is 1.58. The number of aromatic amines is 1. The van der Waals surface area contributed by atoms with Crippen LogP contribution < -0.4 is 4.74 Å². The van der Waals surface area contributed by atoms with E-state index in [-0.39, 0.29) is 5.78 Å². The van der Waals surface area contributed by atoms with Gasteiger partial charge in [-0.1, -0.05) is 42.1 Å². The van der Waals surface area contributed by atoms with E-state index in [1.165, 1.54) is 11.8 Å². The monoisotopic (exact) mass is 404 g/mol. The van der Waals surface area contributed by atoms with Crippen molar-refractivity contribution < 1.29 is 9.53 Å². The normalized spacial score (nSPS) is 13.7. The highest BCUT2D eigenvalue weighted by atomic mass is 32.2. The molecule has 1 N–H and O–H groups in total. The number of H-pyrrole nitrogens is 1. The van der Waals surface area contributed by atoms with Gasteiger partial charge in [-0.25, -0.2) is 0 Å². The molecule has 2 aromatic carbocycles. The molecule has 2 aromatic heterocycles. The zero-order valence-electron chi connectivity index (χ0n) is 16.0. The van der Waals surface area contributed by atoms with Gasteiger partial charge in [-0.3, -0.25) is 9.36 Å². The molecule has 0 saturated heterocycles. The van der Waals surface area contributed by atoms with Gasteiger partial charge < -0.3 is 9.72 Å². The molecule has 146 valence electrons. The van der Waals surface area contributed by atoms with Crippen molar-refractivity contribution in [3.8, 4) is 17.1 Å². The third kappa shape index (κ3) is 3.31. The summed E-state index contributed by atoms with van der Waals surface area (Å²) in [6.45, 7) is 0. The lowest BCUT2D eigenvalue weighted by atomic mass is 10.1. The Hall–Kier alpha value is -3.06. The molecule has 0 unspecified atom stereocenters. The maximum absolute atomic E-state index is 12.7. The fraction of sp³-hybridized carbons (Fsp3) is 0.227. The van der Waals surface area contributed by atoms with Crippen LogP contribution >= 0.6 is 11.8 Å². The summed E-state index contributed by atoms with van der Waals surface area (Å²) >= 11 is 1.44. The number of carbonyl (C=O) groups is 1. The van der Waals surface area contributed by atoms with Crippen molar-refractivity contribution in [3.05, 3.63) is 60.3 Å². The minimum atomic E-state index is 0.0199. The summed E-state index contributed by atoms with van der Waals surface area (Å²) in [4.78, 5) is 16.1. The number of Topliss-reactive ketones (excluding diaryl/α,β-unsaturated/α-hetero) is 1. The van der Waals surface area contributed by atoms with Gasteiger partial charge in [-0.15, -0.1) is 10.2 Å². The average molecular weight is 404 g/mol. The van der Waals surface area contributed by atoms with Crippen LogP contribution in [0.2, 0.25) is 0 Å². The molecule has 7 heteroatoms. The van der Waals surface area contributed by atoms with E-state index in [0.717, 1.165) is 40.3 Å². The Labute approximate surface area is 172 Å². The summed E-state index contributed by atoms with van der Waals surface area (Å²) in [5.41, 5.74) is 2.72. The van der Waals surface area contributed by atoms with Crippen LogP contribution in [0.3, 0.4) is 0 Å². The van der Waals surface area contributed by atoms with Crippen LogP contribution in [-0.2, 0) is 0 Å². The van der Waals surface area contributed by atoms with Gasteiger partial charge in [-0.2, -0.15) is 0 Å². The van der Waals surface area contributed by atoms with E-state index < -0.39 is 0 Å². The van der Waals surface area contributed by atoms with Crippen molar-refractivity contribution in [1.29, 1.82) is 0 Å². The Bertz CT molecular complexity index is 1190. The Kier molecular flexibility index (Phi) is 4.60. The molecule has 1 fully saturated rings. The molecular weight excluding hydrogens is 384 g/mol. The number of nitrogens with zero attached hydrogens (tertiary/aromatic N) is 3. The summed E-state index contributed by atoms with van der Waals surface area (Å²) in [6.07, 6.45) is 4.21. The van der Waals surface area contributed by atoms with E-state index in [4.69, 9.17) is 4.74 Å². The number of aromatic nitrogens is 4. The van der Waals surface area contributed by atoms with Crippen LogP contribution in [0, 0.1) is 0 Å². The predicted octanol–water partition coefficient (Wildman–Crippen LogP) is 4.74. The van der Waals surface area contributed by atoms with Crippen molar-refractivity contribution >= 4 is 28.4 Å². The number of rotatable bonds is 7. The Balaban J connectivity index is 1.44. The number of methoxy groups -OCH3 is 1. The topological polar surface area (TPSA) is 72.8 Å². The van der Waals surface area contributed by atoms with E-state index in [1.54, 1.807) is 19.2 Å². The zero-order chi connectivity index (χ0) is 19.8. The molecule has 0 amide bonds. The third-order valence-electron chi connectivity index (χ3n) is 5.15. The lowest BCUT2D eigenvalue weighted by Crippen LogP contribution is -2.06. The molecule has 0 bridgehead atoms. The Morgan fingerprint density at radius 1 is 1.17 bits per heavy atom. The van der Waals surface area contributed by atoms with E-state index in [2.05, 4.69) is 31.9 Å². The van der Waals surface area contributed by atoms with Gasteiger partial charge in [0.1, 0.15) is 5.75 Å². The summed E-state index contributed by atoms with van der Waals surface area (Å²) in [5, 5.41) is 10.8. The van der Waals surface area contributed by atoms with Gasteiger partial charge in [0.05, 0.1) is 18.4 Å². The average Bonchev–Trinajstić information content (AvgIpc) is 3.38.